The summed E-state index contributed by atoms with van der Waals surface area (Å²) in [6, 6.07) is 6.48. The quantitative estimate of drug-likeness (QED) is 0.891. The Kier molecular flexibility index (Phi) is 5.78. The van der Waals surface area contributed by atoms with Gasteiger partial charge in [-0.05, 0) is 54.2 Å². The summed E-state index contributed by atoms with van der Waals surface area (Å²) in [6.45, 7) is 2.90. The molecule has 2 aromatic rings. The standard InChI is InChI=1S/C20H21F2N3O2/c1-13(26)25-6-3-14(4-7-25)8-20(27)24-19-11-15(2-5-23-19)16-9-17(21)12-18(22)10-16/h2,5,9-12,14H,3-4,6-8H2,1H3,(H,23,24,27). The highest BCUT2D eigenvalue weighted by molar-refractivity contribution is 5.90. The number of anilines is 1. The van der Waals surface area contributed by atoms with Crippen LogP contribution in [0.3, 0.4) is 0 Å². The molecule has 142 valence electrons. The van der Waals surface area contributed by atoms with Gasteiger partial charge >= 0.3 is 0 Å². The number of likely N-dealkylation sites (tertiary alicyclic amines) is 1. The van der Waals surface area contributed by atoms with Crippen LogP contribution in [0, 0.1) is 17.6 Å². The third-order valence-corrected chi connectivity index (χ3v) is 4.76. The van der Waals surface area contributed by atoms with Crippen LogP contribution in [-0.4, -0.2) is 34.8 Å². The Morgan fingerprint density at radius 2 is 1.78 bits per heavy atom. The zero-order valence-corrected chi connectivity index (χ0v) is 15.0. The minimum Gasteiger partial charge on any atom is -0.343 e. The van der Waals surface area contributed by atoms with Crippen LogP contribution in [0.1, 0.15) is 26.2 Å². The maximum Gasteiger partial charge on any atom is 0.225 e. The average molecular weight is 373 g/mol. The molecule has 1 saturated heterocycles. The van der Waals surface area contributed by atoms with E-state index >= 15 is 0 Å². The Balaban J connectivity index is 1.61. The van der Waals surface area contributed by atoms with Crippen molar-refractivity contribution in [2.24, 2.45) is 5.92 Å². The topological polar surface area (TPSA) is 62.3 Å². The van der Waals surface area contributed by atoms with Crippen LogP contribution in [0.4, 0.5) is 14.6 Å². The molecular weight excluding hydrogens is 352 g/mol. The lowest BCUT2D eigenvalue weighted by molar-refractivity contribution is -0.130. The molecule has 1 N–H and O–H groups in total. The third kappa shape index (κ3) is 5.09. The van der Waals surface area contributed by atoms with Gasteiger partial charge < -0.3 is 10.2 Å². The van der Waals surface area contributed by atoms with Gasteiger partial charge in [-0.3, -0.25) is 9.59 Å². The highest BCUT2D eigenvalue weighted by atomic mass is 19.1. The Morgan fingerprint density at radius 1 is 1.11 bits per heavy atom. The third-order valence-electron chi connectivity index (χ3n) is 4.76. The van der Waals surface area contributed by atoms with Gasteiger partial charge in [-0.2, -0.15) is 0 Å². The molecule has 1 aromatic heterocycles. The predicted octanol–water partition coefficient (Wildman–Crippen LogP) is 3.61. The second-order valence-corrected chi connectivity index (χ2v) is 6.79. The number of carbonyl (C=O) groups excluding carboxylic acids is 2. The van der Waals surface area contributed by atoms with E-state index in [0.29, 0.717) is 36.5 Å². The van der Waals surface area contributed by atoms with Gasteiger partial charge in [0.1, 0.15) is 17.5 Å². The number of carbonyl (C=O) groups is 2. The van der Waals surface area contributed by atoms with Gasteiger partial charge in [-0.15, -0.1) is 0 Å². The smallest absolute Gasteiger partial charge is 0.225 e. The molecule has 0 radical (unpaired) electrons. The van der Waals surface area contributed by atoms with E-state index in [0.717, 1.165) is 18.9 Å². The van der Waals surface area contributed by atoms with E-state index in [1.807, 2.05) is 0 Å². The van der Waals surface area contributed by atoms with Crippen LogP contribution in [0.5, 0.6) is 0 Å². The van der Waals surface area contributed by atoms with E-state index in [2.05, 4.69) is 10.3 Å². The number of pyridine rings is 1. The zero-order valence-electron chi connectivity index (χ0n) is 15.0. The maximum absolute atomic E-state index is 13.4. The van der Waals surface area contributed by atoms with Crippen molar-refractivity contribution in [1.29, 1.82) is 0 Å². The first-order valence-electron chi connectivity index (χ1n) is 8.88. The van der Waals surface area contributed by atoms with Crippen LogP contribution < -0.4 is 5.32 Å². The van der Waals surface area contributed by atoms with Crippen LogP contribution in [0.25, 0.3) is 11.1 Å². The van der Waals surface area contributed by atoms with Gasteiger partial charge in [-0.1, -0.05) is 0 Å². The lowest BCUT2D eigenvalue weighted by Gasteiger charge is -2.30. The molecule has 0 aliphatic carbocycles. The molecule has 0 unspecified atom stereocenters. The molecule has 7 heteroatoms. The molecule has 5 nitrogen and oxygen atoms in total. The number of rotatable bonds is 4. The summed E-state index contributed by atoms with van der Waals surface area (Å²) in [5, 5.41) is 2.74. The molecule has 0 saturated carbocycles. The maximum atomic E-state index is 13.4. The fraction of sp³-hybridized carbons (Fsp3) is 0.350. The average Bonchev–Trinajstić information content (AvgIpc) is 2.61. The number of amides is 2. The molecule has 0 spiro atoms. The minimum absolute atomic E-state index is 0.0627. The van der Waals surface area contributed by atoms with Crippen LogP contribution >= 0.6 is 0 Å². The Morgan fingerprint density at radius 3 is 2.41 bits per heavy atom. The molecule has 0 bridgehead atoms. The minimum atomic E-state index is -0.663. The van der Waals surface area contributed by atoms with Crippen LogP contribution in [0.2, 0.25) is 0 Å². The molecule has 3 rings (SSSR count). The number of piperidine rings is 1. The number of hydrogen-bond donors (Lipinski definition) is 1. The van der Waals surface area contributed by atoms with Crippen molar-refractivity contribution < 1.29 is 18.4 Å². The van der Waals surface area contributed by atoms with Gasteiger partial charge in [0.15, 0.2) is 0 Å². The summed E-state index contributed by atoms with van der Waals surface area (Å²) in [6.07, 6.45) is 3.43. The summed E-state index contributed by atoms with van der Waals surface area (Å²) in [4.78, 5) is 29.5. The van der Waals surface area contributed by atoms with E-state index in [-0.39, 0.29) is 17.7 Å². The first kappa shape index (κ1) is 18.9. The van der Waals surface area contributed by atoms with Crippen molar-refractivity contribution in [1.82, 2.24) is 9.88 Å². The summed E-state index contributed by atoms with van der Waals surface area (Å²) in [7, 11) is 0. The van der Waals surface area contributed by atoms with E-state index < -0.39 is 11.6 Å². The Labute approximate surface area is 156 Å². The summed E-state index contributed by atoms with van der Waals surface area (Å²) in [5.74, 6) is -0.864. The van der Waals surface area contributed by atoms with Crippen molar-refractivity contribution in [3.63, 3.8) is 0 Å². The molecule has 1 aliphatic rings. The molecule has 2 amide bonds. The summed E-state index contributed by atoms with van der Waals surface area (Å²) in [5.41, 5.74) is 0.940. The van der Waals surface area contributed by atoms with E-state index in [9.17, 15) is 18.4 Å². The first-order valence-corrected chi connectivity index (χ1v) is 8.88. The van der Waals surface area contributed by atoms with E-state index in [1.165, 1.54) is 18.3 Å². The number of halogens is 2. The number of nitrogens with one attached hydrogen (secondary N) is 1. The Hall–Kier alpha value is -2.83. The second kappa shape index (κ2) is 8.24. The number of aromatic nitrogens is 1. The molecule has 1 fully saturated rings. The SMILES string of the molecule is CC(=O)N1CCC(CC(=O)Nc2cc(-c3cc(F)cc(F)c3)ccn2)CC1. The zero-order chi connectivity index (χ0) is 19.4. The normalized spacial score (nSPS) is 14.9. The fourth-order valence-corrected chi connectivity index (χ4v) is 3.31. The highest BCUT2D eigenvalue weighted by Crippen LogP contribution is 2.24. The van der Waals surface area contributed by atoms with E-state index in [1.54, 1.807) is 24.0 Å². The summed E-state index contributed by atoms with van der Waals surface area (Å²) >= 11 is 0. The number of nitrogens with zero attached hydrogens (tertiary/aromatic N) is 2. The van der Waals surface area contributed by atoms with Crippen molar-refractivity contribution in [2.75, 3.05) is 18.4 Å². The van der Waals surface area contributed by atoms with Crippen molar-refractivity contribution in [3.8, 4) is 11.1 Å². The van der Waals surface area contributed by atoms with Gasteiger partial charge in [-0.25, -0.2) is 13.8 Å². The van der Waals surface area contributed by atoms with E-state index in [4.69, 9.17) is 0 Å². The van der Waals surface area contributed by atoms with Crippen molar-refractivity contribution in [2.45, 2.75) is 26.2 Å². The second-order valence-electron chi connectivity index (χ2n) is 6.79. The number of benzene rings is 1. The molecule has 1 aromatic carbocycles. The number of hydrogen-bond acceptors (Lipinski definition) is 3. The highest BCUT2D eigenvalue weighted by Gasteiger charge is 2.22. The molecule has 0 atom stereocenters. The fourth-order valence-electron chi connectivity index (χ4n) is 3.31. The molecular formula is C20H21F2N3O2. The van der Waals surface area contributed by atoms with Gasteiger partial charge in [0.2, 0.25) is 11.8 Å². The largest absolute Gasteiger partial charge is 0.343 e. The predicted molar refractivity (Wildman–Crippen MR) is 97.8 cm³/mol. The molecule has 1 aliphatic heterocycles. The van der Waals surface area contributed by atoms with Crippen molar-refractivity contribution in [3.05, 3.63) is 48.2 Å². The lowest BCUT2D eigenvalue weighted by atomic mass is 9.93. The van der Waals surface area contributed by atoms with Crippen LogP contribution in [-0.2, 0) is 9.59 Å². The Bertz CT molecular complexity index is 829. The monoisotopic (exact) mass is 373 g/mol. The van der Waals surface area contributed by atoms with Crippen LogP contribution in [0.15, 0.2) is 36.5 Å². The van der Waals surface area contributed by atoms with Gasteiger partial charge in [0.05, 0.1) is 0 Å². The van der Waals surface area contributed by atoms with Crippen molar-refractivity contribution >= 4 is 17.6 Å². The molecule has 27 heavy (non-hydrogen) atoms. The molecule has 2 heterocycles. The lowest BCUT2D eigenvalue weighted by Crippen LogP contribution is -2.37. The summed E-state index contributed by atoms with van der Waals surface area (Å²) < 4.78 is 26.8. The first-order chi connectivity index (χ1) is 12.9. The van der Waals surface area contributed by atoms with Gasteiger partial charge in [0, 0.05) is 38.7 Å². The van der Waals surface area contributed by atoms with Gasteiger partial charge in [0.25, 0.3) is 0 Å².